The summed E-state index contributed by atoms with van der Waals surface area (Å²) in [5.41, 5.74) is 1.23. The van der Waals surface area contributed by atoms with Crippen molar-refractivity contribution in [2.75, 3.05) is 20.2 Å². The third kappa shape index (κ3) is 3.62. The number of ether oxygens (including phenoxy) is 1. The Balaban J connectivity index is 1.95. The second kappa shape index (κ2) is 6.27. The lowest BCUT2D eigenvalue weighted by Crippen LogP contribution is -2.29. The molecule has 1 aromatic carbocycles. The van der Waals surface area contributed by atoms with Crippen molar-refractivity contribution in [3.63, 3.8) is 0 Å². The SMILES string of the molecule is COc1ccc(Cl)cc1CCC1CCCNC1. The molecule has 0 bridgehead atoms. The van der Waals surface area contributed by atoms with E-state index >= 15 is 0 Å². The molecule has 3 heteroatoms. The van der Waals surface area contributed by atoms with E-state index in [0.717, 1.165) is 29.7 Å². The lowest BCUT2D eigenvalue weighted by Gasteiger charge is -2.22. The number of methoxy groups -OCH3 is 1. The number of piperidine rings is 1. The summed E-state index contributed by atoms with van der Waals surface area (Å²) in [6.45, 7) is 2.33. The highest BCUT2D eigenvalue weighted by molar-refractivity contribution is 6.30. The van der Waals surface area contributed by atoms with Crippen LogP contribution in [0, 0.1) is 5.92 Å². The normalized spacial score (nSPS) is 20.2. The summed E-state index contributed by atoms with van der Waals surface area (Å²) in [5.74, 6) is 1.76. The van der Waals surface area contributed by atoms with Gasteiger partial charge in [-0.05, 0) is 68.5 Å². The van der Waals surface area contributed by atoms with Crippen molar-refractivity contribution in [2.24, 2.45) is 5.92 Å². The zero-order valence-corrected chi connectivity index (χ0v) is 11.1. The number of benzene rings is 1. The molecule has 1 heterocycles. The Hall–Kier alpha value is -0.730. The Morgan fingerprint density at radius 2 is 2.35 bits per heavy atom. The monoisotopic (exact) mass is 253 g/mol. The number of nitrogens with one attached hydrogen (secondary N) is 1. The first-order valence-electron chi connectivity index (χ1n) is 6.32. The average molecular weight is 254 g/mol. The molecular weight excluding hydrogens is 234 g/mol. The van der Waals surface area contributed by atoms with Gasteiger partial charge in [-0.1, -0.05) is 11.6 Å². The van der Waals surface area contributed by atoms with Crippen LogP contribution in [0.5, 0.6) is 5.75 Å². The molecule has 1 aliphatic rings. The quantitative estimate of drug-likeness (QED) is 0.889. The van der Waals surface area contributed by atoms with Crippen molar-refractivity contribution in [3.05, 3.63) is 28.8 Å². The van der Waals surface area contributed by atoms with Crippen LogP contribution in [0.25, 0.3) is 0 Å². The van der Waals surface area contributed by atoms with Gasteiger partial charge in [0.25, 0.3) is 0 Å². The molecule has 1 saturated heterocycles. The molecule has 94 valence electrons. The highest BCUT2D eigenvalue weighted by atomic mass is 35.5. The summed E-state index contributed by atoms with van der Waals surface area (Å²) < 4.78 is 5.37. The molecule has 1 fully saturated rings. The zero-order valence-electron chi connectivity index (χ0n) is 10.3. The second-order valence-electron chi connectivity index (χ2n) is 4.71. The number of hydrogen-bond donors (Lipinski definition) is 1. The van der Waals surface area contributed by atoms with Crippen LogP contribution in [0.1, 0.15) is 24.8 Å². The molecule has 1 aromatic rings. The van der Waals surface area contributed by atoms with Crippen LogP contribution in [0.4, 0.5) is 0 Å². The number of hydrogen-bond acceptors (Lipinski definition) is 2. The van der Waals surface area contributed by atoms with Gasteiger partial charge in [0, 0.05) is 5.02 Å². The van der Waals surface area contributed by atoms with Crippen LogP contribution in [0.3, 0.4) is 0 Å². The average Bonchev–Trinajstić information content (AvgIpc) is 2.38. The molecule has 0 aromatic heterocycles. The Kier molecular flexibility index (Phi) is 4.69. The number of halogens is 1. The van der Waals surface area contributed by atoms with Gasteiger partial charge < -0.3 is 10.1 Å². The Bertz CT molecular complexity index is 361. The standard InChI is InChI=1S/C14H20ClNO/c1-17-14-7-6-13(15)9-12(14)5-4-11-3-2-8-16-10-11/h6-7,9,11,16H,2-5,8,10H2,1H3. The zero-order chi connectivity index (χ0) is 12.1. The van der Waals surface area contributed by atoms with Gasteiger partial charge in [-0.3, -0.25) is 0 Å². The molecule has 1 N–H and O–H groups in total. The Morgan fingerprint density at radius 1 is 1.47 bits per heavy atom. The van der Waals surface area contributed by atoms with Crippen LogP contribution >= 0.6 is 11.6 Å². The maximum absolute atomic E-state index is 6.03. The predicted octanol–water partition coefficient (Wildman–Crippen LogP) is 3.28. The van der Waals surface area contributed by atoms with E-state index in [-0.39, 0.29) is 0 Å². The predicted molar refractivity (Wildman–Crippen MR) is 71.9 cm³/mol. The molecule has 0 aliphatic carbocycles. The lowest BCUT2D eigenvalue weighted by atomic mass is 9.92. The van der Waals surface area contributed by atoms with Crippen molar-refractivity contribution in [3.8, 4) is 5.75 Å². The topological polar surface area (TPSA) is 21.3 Å². The van der Waals surface area contributed by atoms with Crippen molar-refractivity contribution >= 4 is 11.6 Å². The molecule has 0 saturated carbocycles. The summed E-state index contributed by atoms with van der Waals surface area (Å²) >= 11 is 6.03. The van der Waals surface area contributed by atoms with Gasteiger partial charge in [0.2, 0.25) is 0 Å². The number of rotatable bonds is 4. The van der Waals surface area contributed by atoms with Gasteiger partial charge in [0.05, 0.1) is 7.11 Å². The fraction of sp³-hybridized carbons (Fsp3) is 0.571. The third-order valence-corrected chi connectivity index (χ3v) is 3.70. The van der Waals surface area contributed by atoms with Crippen molar-refractivity contribution in [2.45, 2.75) is 25.7 Å². The third-order valence-electron chi connectivity index (χ3n) is 3.46. The van der Waals surface area contributed by atoms with Gasteiger partial charge >= 0.3 is 0 Å². The number of aryl methyl sites for hydroxylation is 1. The molecule has 1 aliphatic heterocycles. The fourth-order valence-electron chi connectivity index (χ4n) is 2.47. The molecule has 17 heavy (non-hydrogen) atoms. The Morgan fingerprint density at radius 3 is 3.06 bits per heavy atom. The van der Waals surface area contributed by atoms with E-state index in [0.29, 0.717) is 0 Å². The maximum Gasteiger partial charge on any atom is 0.122 e. The molecule has 1 atom stereocenters. The maximum atomic E-state index is 6.03. The molecule has 1 unspecified atom stereocenters. The van der Waals surface area contributed by atoms with E-state index in [1.54, 1.807) is 7.11 Å². The summed E-state index contributed by atoms with van der Waals surface area (Å²) in [5, 5.41) is 4.25. The van der Waals surface area contributed by atoms with Crippen LogP contribution in [-0.2, 0) is 6.42 Å². The molecule has 0 amide bonds. The fourth-order valence-corrected chi connectivity index (χ4v) is 2.67. The van der Waals surface area contributed by atoms with Crippen molar-refractivity contribution in [1.29, 1.82) is 0 Å². The molecule has 2 nitrogen and oxygen atoms in total. The van der Waals surface area contributed by atoms with E-state index in [2.05, 4.69) is 5.32 Å². The van der Waals surface area contributed by atoms with Gasteiger partial charge in [0.1, 0.15) is 5.75 Å². The van der Waals surface area contributed by atoms with E-state index in [9.17, 15) is 0 Å². The van der Waals surface area contributed by atoms with Crippen LogP contribution in [-0.4, -0.2) is 20.2 Å². The van der Waals surface area contributed by atoms with Crippen molar-refractivity contribution in [1.82, 2.24) is 5.32 Å². The van der Waals surface area contributed by atoms with Gasteiger partial charge in [0.15, 0.2) is 0 Å². The second-order valence-corrected chi connectivity index (χ2v) is 5.14. The summed E-state index contributed by atoms with van der Waals surface area (Å²) in [4.78, 5) is 0. The minimum Gasteiger partial charge on any atom is -0.496 e. The smallest absolute Gasteiger partial charge is 0.122 e. The first-order chi connectivity index (χ1) is 8.29. The van der Waals surface area contributed by atoms with Gasteiger partial charge in [-0.15, -0.1) is 0 Å². The molecule has 2 rings (SSSR count). The van der Waals surface area contributed by atoms with Crippen LogP contribution in [0.15, 0.2) is 18.2 Å². The highest BCUT2D eigenvalue weighted by Crippen LogP contribution is 2.26. The van der Waals surface area contributed by atoms with Crippen molar-refractivity contribution < 1.29 is 4.74 Å². The van der Waals surface area contributed by atoms with E-state index in [1.807, 2.05) is 18.2 Å². The van der Waals surface area contributed by atoms with Gasteiger partial charge in [-0.25, -0.2) is 0 Å². The minimum atomic E-state index is 0.794. The van der Waals surface area contributed by atoms with E-state index < -0.39 is 0 Å². The molecule has 0 spiro atoms. The largest absolute Gasteiger partial charge is 0.496 e. The lowest BCUT2D eigenvalue weighted by molar-refractivity contribution is 0.354. The summed E-state index contributed by atoms with van der Waals surface area (Å²) in [7, 11) is 1.72. The van der Waals surface area contributed by atoms with Gasteiger partial charge in [-0.2, -0.15) is 0 Å². The molecular formula is C14H20ClNO. The first-order valence-corrected chi connectivity index (χ1v) is 6.70. The minimum absolute atomic E-state index is 0.794. The van der Waals surface area contributed by atoms with Crippen LogP contribution < -0.4 is 10.1 Å². The van der Waals surface area contributed by atoms with Crippen LogP contribution in [0.2, 0.25) is 5.02 Å². The van der Waals surface area contributed by atoms with E-state index in [4.69, 9.17) is 16.3 Å². The highest BCUT2D eigenvalue weighted by Gasteiger charge is 2.14. The van der Waals surface area contributed by atoms with E-state index in [1.165, 1.54) is 31.4 Å². The Labute approximate surface area is 108 Å². The summed E-state index contributed by atoms with van der Waals surface area (Å²) in [6.07, 6.45) is 4.91. The first kappa shape index (κ1) is 12.7. The summed E-state index contributed by atoms with van der Waals surface area (Å²) in [6, 6.07) is 5.86. The molecule has 0 radical (unpaired) electrons.